The Kier molecular flexibility index (Phi) is 3.09. The Morgan fingerprint density at radius 2 is 1.93 bits per heavy atom. The van der Waals surface area contributed by atoms with Crippen LogP contribution in [-0.4, -0.2) is 25.3 Å². The highest BCUT2D eigenvalue weighted by Gasteiger charge is 2.49. The predicted molar refractivity (Wildman–Crippen MR) is 63.0 cm³/mol. The van der Waals surface area contributed by atoms with E-state index in [0.717, 1.165) is 6.61 Å². The van der Waals surface area contributed by atoms with Crippen molar-refractivity contribution < 1.29 is 4.74 Å². The van der Waals surface area contributed by atoms with Gasteiger partial charge in [-0.2, -0.15) is 0 Å². The summed E-state index contributed by atoms with van der Waals surface area (Å²) in [6, 6.07) is 0.663. The molecule has 0 aromatic rings. The monoisotopic (exact) mass is 211 g/mol. The van der Waals surface area contributed by atoms with Gasteiger partial charge in [-0.1, -0.05) is 26.7 Å². The van der Waals surface area contributed by atoms with Crippen molar-refractivity contribution >= 4 is 0 Å². The molecule has 2 heteroatoms. The number of nitrogens with one attached hydrogen (secondary N) is 1. The van der Waals surface area contributed by atoms with Crippen LogP contribution in [0.25, 0.3) is 0 Å². The Morgan fingerprint density at radius 1 is 1.20 bits per heavy atom. The van der Waals surface area contributed by atoms with E-state index >= 15 is 0 Å². The molecule has 1 saturated heterocycles. The average Bonchev–Trinajstić information content (AvgIpc) is 2.23. The van der Waals surface area contributed by atoms with Gasteiger partial charge in [-0.15, -0.1) is 0 Å². The minimum absolute atomic E-state index is 0.164. The van der Waals surface area contributed by atoms with Crippen LogP contribution in [0.4, 0.5) is 0 Å². The zero-order valence-corrected chi connectivity index (χ0v) is 10.4. The van der Waals surface area contributed by atoms with Crippen LogP contribution in [0.2, 0.25) is 0 Å². The van der Waals surface area contributed by atoms with Crippen molar-refractivity contribution in [2.75, 3.05) is 13.7 Å². The van der Waals surface area contributed by atoms with E-state index in [4.69, 9.17) is 4.74 Å². The summed E-state index contributed by atoms with van der Waals surface area (Å²) in [5.41, 5.74) is 0.526. The Morgan fingerprint density at radius 3 is 2.60 bits per heavy atom. The number of ether oxygens (including phenoxy) is 1. The molecule has 0 radical (unpaired) electrons. The van der Waals surface area contributed by atoms with Gasteiger partial charge in [0, 0.05) is 12.6 Å². The first kappa shape index (κ1) is 11.4. The zero-order chi connectivity index (χ0) is 10.9. The Balaban J connectivity index is 2.15. The van der Waals surface area contributed by atoms with E-state index in [-0.39, 0.29) is 5.60 Å². The van der Waals surface area contributed by atoms with Crippen LogP contribution in [-0.2, 0) is 4.74 Å². The van der Waals surface area contributed by atoms with Gasteiger partial charge in [-0.25, -0.2) is 0 Å². The van der Waals surface area contributed by atoms with Crippen molar-refractivity contribution in [3.8, 4) is 0 Å². The summed E-state index contributed by atoms with van der Waals surface area (Å²) in [5, 5.41) is 3.43. The van der Waals surface area contributed by atoms with Crippen molar-refractivity contribution in [3.63, 3.8) is 0 Å². The molecule has 2 rings (SSSR count). The van der Waals surface area contributed by atoms with Gasteiger partial charge in [0.15, 0.2) is 0 Å². The predicted octanol–water partition coefficient (Wildman–Crippen LogP) is 2.72. The lowest BCUT2D eigenvalue weighted by molar-refractivity contribution is -0.175. The van der Waals surface area contributed by atoms with Crippen molar-refractivity contribution in [1.29, 1.82) is 0 Å². The second kappa shape index (κ2) is 4.06. The molecule has 0 aromatic carbocycles. The normalized spacial score (nSPS) is 40.6. The van der Waals surface area contributed by atoms with E-state index < -0.39 is 0 Å². The number of hydrogen-bond donors (Lipinski definition) is 1. The van der Waals surface area contributed by atoms with E-state index in [2.05, 4.69) is 26.2 Å². The maximum atomic E-state index is 6.21. The van der Waals surface area contributed by atoms with Crippen LogP contribution in [0.5, 0.6) is 0 Å². The van der Waals surface area contributed by atoms with E-state index in [9.17, 15) is 0 Å². The summed E-state index contributed by atoms with van der Waals surface area (Å²) in [6.45, 7) is 5.73. The third kappa shape index (κ3) is 1.94. The highest BCUT2D eigenvalue weighted by molar-refractivity contribution is 5.01. The minimum atomic E-state index is 0.164. The van der Waals surface area contributed by atoms with Crippen molar-refractivity contribution in [3.05, 3.63) is 0 Å². The molecule has 2 fully saturated rings. The highest BCUT2D eigenvalue weighted by Crippen LogP contribution is 2.50. The third-order valence-electron chi connectivity index (χ3n) is 4.69. The maximum absolute atomic E-state index is 6.21. The van der Waals surface area contributed by atoms with Gasteiger partial charge in [-0.3, -0.25) is 0 Å². The topological polar surface area (TPSA) is 21.3 Å². The summed E-state index contributed by atoms with van der Waals surface area (Å²) in [6.07, 6.45) is 7.69. The summed E-state index contributed by atoms with van der Waals surface area (Å²) in [4.78, 5) is 0. The van der Waals surface area contributed by atoms with E-state index in [1.54, 1.807) is 0 Å². The summed E-state index contributed by atoms with van der Waals surface area (Å²) in [5.74, 6) is 0. The summed E-state index contributed by atoms with van der Waals surface area (Å²) in [7, 11) is 2.08. The molecular formula is C13H25NO. The van der Waals surface area contributed by atoms with Gasteiger partial charge in [0.25, 0.3) is 0 Å². The molecule has 2 nitrogen and oxygen atoms in total. The lowest BCUT2D eigenvalue weighted by Crippen LogP contribution is -2.56. The zero-order valence-electron chi connectivity index (χ0n) is 10.4. The molecule has 2 atom stereocenters. The second-order valence-electron chi connectivity index (χ2n) is 5.91. The molecule has 1 aliphatic heterocycles. The van der Waals surface area contributed by atoms with E-state index in [0.29, 0.717) is 11.5 Å². The lowest BCUT2D eigenvalue weighted by atomic mass is 9.62. The molecule has 0 amide bonds. The number of rotatable bonds is 1. The van der Waals surface area contributed by atoms with Gasteiger partial charge in [0.05, 0.1) is 5.60 Å². The van der Waals surface area contributed by atoms with Crippen LogP contribution >= 0.6 is 0 Å². The SMILES string of the molecule is CNC1CCOC2(CCCCC2(C)C)C1. The van der Waals surface area contributed by atoms with Crippen molar-refractivity contribution in [1.82, 2.24) is 5.32 Å². The smallest absolute Gasteiger partial charge is 0.0748 e. The van der Waals surface area contributed by atoms with Crippen LogP contribution in [0.3, 0.4) is 0 Å². The Bertz CT molecular complexity index is 223. The van der Waals surface area contributed by atoms with Crippen LogP contribution < -0.4 is 5.32 Å². The molecule has 88 valence electrons. The second-order valence-corrected chi connectivity index (χ2v) is 5.91. The van der Waals surface area contributed by atoms with Crippen LogP contribution in [0.1, 0.15) is 52.4 Å². The fourth-order valence-electron chi connectivity index (χ4n) is 3.39. The van der Waals surface area contributed by atoms with Gasteiger partial charge >= 0.3 is 0 Å². The van der Waals surface area contributed by atoms with Gasteiger partial charge in [0.2, 0.25) is 0 Å². The molecule has 15 heavy (non-hydrogen) atoms. The molecule has 0 bridgehead atoms. The van der Waals surface area contributed by atoms with Gasteiger partial charge in [0.1, 0.15) is 0 Å². The first-order chi connectivity index (χ1) is 7.10. The first-order valence-electron chi connectivity index (χ1n) is 6.41. The molecule has 1 spiro atoms. The van der Waals surface area contributed by atoms with Gasteiger partial charge < -0.3 is 10.1 Å². The largest absolute Gasteiger partial charge is 0.374 e. The summed E-state index contributed by atoms with van der Waals surface area (Å²) >= 11 is 0. The Hall–Kier alpha value is -0.0800. The van der Waals surface area contributed by atoms with Gasteiger partial charge in [-0.05, 0) is 38.1 Å². The Labute approximate surface area is 93.8 Å². The molecule has 1 saturated carbocycles. The quantitative estimate of drug-likeness (QED) is 0.720. The molecule has 2 unspecified atom stereocenters. The maximum Gasteiger partial charge on any atom is 0.0748 e. The van der Waals surface area contributed by atoms with Crippen molar-refractivity contribution in [2.24, 2.45) is 5.41 Å². The molecule has 1 heterocycles. The fourth-order valence-corrected chi connectivity index (χ4v) is 3.39. The van der Waals surface area contributed by atoms with E-state index in [1.807, 2.05) is 0 Å². The molecule has 1 aliphatic carbocycles. The average molecular weight is 211 g/mol. The number of hydrogen-bond acceptors (Lipinski definition) is 2. The van der Waals surface area contributed by atoms with E-state index in [1.165, 1.54) is 38.5 Å². The third-order valence-corrected chi connectivity index (χ3v) is 4.69. The van der Waals surface area contributed by atoms with Crippen molar-refractivity contribution in [2.45, 2.75) is 64.0 Å². The van der Waals surface area contributed by atoms with Crippen LogP contribution in [0.15, 0.2) is 0 Å². The minimum Gasteiger partial charge on any atom is -0.374 e. The fraction of sp³-hybridized carbons (Fsp3) is 1.00. The summed E-state index contributed by atoms with van der Waals surface area (Å²) < 4.78 is 6.21. The first-order valence-corrected chi connectivity index (χ1v) is 6.41. The highest BCUT2D eigenvalue weighted by atomic mass is 16.5. The molecule has 2 aliphatic rings. The lowest BCUT2D eigenvalue weighted by Gasteiger charge is -2.53. The standard InChI is InChI=1S/C13H25NO/c1-12(2)7-4-5-8-13(12)10-11(14-3)6-9-15-13/h11,14H,4-10H2,1-3H3. The van der Waals surface area contributed by atoms with Crippen LogP contribution in [0, 0.1) is 5.41 Å². The molecular weight excluding hydrogens is 186 g/mol. The molecule has 0 aromatic heterocycles. The molecule has 1 N–H and O–H groups in total.